The predicted octanol–water partition coefficient (Wildman–Crippen LogP) is 5.14. The minimum atomic E-state index is 0.00415. The molecular formula is C24H38N2O. The van der Waals surface area contributed by atoms with E-state index in [4.69, 9.17) is 4.74 Å². The molecule has 1 heterocycles. The van der Waals surface area contributed by atoms with Crippen LogP contribution in [0.4, 0.5) is 0 Å². The van der Waals surface area contributed by atoms with Gasteiger partial charge in [0.15, 0.2) is 0 Å². The predicted molar refractivity (Wildman–Crippen MR) is 112 cm³/mol. The number of nitrogens with zero attached hydrogens (tertiary/aromatic N) is 1. The number of benzene rings is 1. The Kier molecular flexibility index (Phi) is 6.39. The molecule has 0 radical (unpaired) electrons. The highest BCUT2D eigenvalue weighted by Crippen LogP contribution is 2.37. The fourth-order valence-corrected chi connectivity index (χ4v) is 5.57. The normalized spacial score (nSPS) is 30.2. The molecule has 0 amide bonds. The Balaban J connectivity index is 1.31. The first-order valence-electron chi connectivity index (χ1n) is 11.4. The Morgan fingerprint density at radius 1 is 1.00 bits per heavy atom. The van der Waals surface area contributed by atoms with Crippen molar-refractivity contribution in [2.75, 3.05) is 20.1 Å². The van der Waals surface area contributed by atoms with E-state index in [1.807, 2.05) is 0 Å². The third-order valence-corrected chi connectivity index (χ3v) is 7.32. The third-order valence-electron chi connectivity index (χ3n) is 7.32. The Labute approximate surface area is 165 Å². The lowest BCUT2D eigenvalue weighted by Crippen LogP contribution is -2.50. The molecular weight excluding hydrogens is 332 g/mol. The topological polar surface area (TPSA) is 24.5 Å². The van der Waals surface area contributed by atoms with Crippen molar-refractivity contribution in [3.8, 4) is 5.75 Å². The van der Waals surface area contributed by atoms with Gasteiger partial charge in [-0.2, -0.15) is 0 Å². The summed E-state index contributed by atoms with van der Waals surface area (Å²) in [6, 6.07) is 9.30. The van der Waals surface area contributed by atoms with E-state index in [9.17, 15) is 0 Å². The van der Waals surface area contributed by atoms with Crippen molar-refractivity contribution in [3.63, 3.8) is 0 Å². The first-order chi connectivity index (χ1) is 13.2. The van der Waals surface area contributed by atoms with E-state index in [2.05, 4.69) is 41.5 Å². The fourth-order valence-electron chi connectivity index (χ4n) is 5.57. The Morgan fingerprint density at radius 3 is 2.48 bits per heavy atom. The molecule has 2 fully saturated rings. The number of fused-ring (bicyclic) bond motifs is 1. The summed E-state index contributed by atoms with van der Waals surface area (Å²) in [6.07, 6.45) is 15.1. The van der Waals surface area contributed by atoms with Crippen LogP contribution < -0.4 is 10.1 Å². The minimum Gasteiger partial charge on any atom is -0.486 e. The quantitative estimate of drug-likeness (QED) is 0.797. The lowest BCUT2D eigenvalue weighted by molar-refractivity contribution is 0.00714. The number of ether oxygens (including phenoxy) is 1. The maximum absolute atomic E-state index is 6.61. The highest BCUT2D eigenvalue weighted by Gasteiger charge is 2.39. The van der Waals surface area contributed by atoms with E-state index in [0.717, 1.165) is 30.8 Å². The Hall–Kier alpha value is -1.06. The second-order valence-corrected chi connectivity index (χ2v) is 9.38. The molecule has 2 saturated carbocycles. The van der Waals surface area contributed by atoms with Gasteiger partial charge in [0.25, 0.3) is 0 Å². The van der Waals surface area contributed by atoms with Crippen molar-refractivity contribution >= 4 is 0 Å². The minimum absolute atomic E-state index is 0.00415. The smallest absolute Gasteiger partial charge is 0.124 e. The summed E-state index contributed by atoms with van der Waals surface area (Å²) in [5.41, 5.74) is 1.31. The molecule has 1 N–H and O–H groups in total. The molecule has 0 aromatic heterocycles. The largest absolute Gasteiger partial charge is 0.486 e. The number of nitrogens with one attached hydrogen (secondary N) is 1. The summed E-state index contributed by atoms with van der Waals surface area (Å²) in [5.74, 6) is 2.03. The highest BCUT2D eigenvalue weighted by atomic mass is 16.5. The number of para-hydroxylation sites is 1. The first kappa shape index (κ1) is 19.3. The van der Waals surface area contributed by atoms with Gasteiger partial charge in [-0.25, -0.2) is 0 Å². The molecule has 1 aliphatic heterocycles. The Morgan fingerprint density at radius 2 is 1.70 bits per heavy atom. The van der Waals surface area contributed by atoms with E-state index in [0.29, 0.717) is 0 Å². The van der Waals surface area contributed by atoms with E-state index in [1.165, 1.54) is 82.7 Å². The summed E-state index contributed by atoms with van der Waals surface area (Å²) in [4.78, 5) is 2.69. The summed E-state index contributed by atoms with van der Waals surface area (Å²) < 4.78 is 6.61. The fraction of sp³-hybridized carbons (Fsp3) is 0.750. The number of rotatable bonds is 3. The summed E-state index contributed by atoms with van der Waals surface area (Å²) in [7, 11) is 2.38. The molecule has 4 rings (SSSR count). The molecule has 3 heteroatoms. The van der Waals surface area contributed by atoms with Gasteiger partial charge in [0, 0.05) is 31.2 Å². The van der Waals surface area contributed by atoms with Crippen molar-refractivity contribution in [2.24, 2.45) is 5.92 Å². The van der Waals surface area contributed by atoms with Crippen LogP contribution in [-0.4, -0.2) is 36.7 Å². The van der Waals surface area contributed by atoms with Crippen LogP contribution in [0.2, 0.25) is 0 Å². The van der Waals surface area contributed by atoms with Gasteiger partial charge in [0.05, 0.1) is 0 Å². The van der Waals surface area contributed by atoms with Crippen molar-refractivity contribution in [3.05, 3.63) is 29.8 Å². The van der Waals surface area contributed by atoms with Crippen molar-refractivity contribution < 1.29 is 4.74 Å². The lowest BCUT2D eigenvalue weighted by atomic mass is 9.81. The molecule has 0 atom stereocenters. The molecule has 3 aliphatic rings. The van der Waals surface area contributed by atoms with Crippen LogP contribution in [0.3, 0.4) is 0 Å². The maximum atomic E-state index is 6.61. The molecule has 1 aromatic rings. The van der Waals surface area contributed by atoms with Crippen LogP contribution in [-0.2, 0) is 6.54 Å². The highest BCUT2D eigenvalue weighted by molar-refractivity contribution is 5.34. The van der Waals surface area contributed by atoms with E-state index in [-0.39, 0.29) is 5.60 Å². The van der Waals surface area contributed by atoms with Crippen LogP contribution >= 0.6 is 0 Å². The van der Waals surface area contributed by atoms with E-state index in [1.54, 1.807) is 0 Å². The molecule has 2 aliphatic carbocycles. The summed E-state index contributed by atoms with van der Waals surface area (Å²) >= 11 is 0. The van der Waals surface area contributed by atoms with Gasteiger partial charge >= 0.3 is 0 Å². The third kappa shape index (κ3) is 4.86. The molecule has 0 bridgehead atoms. The SMILES string of the molecule is CN(CC1CCCCCCC1)C1CCC2(CC1)CNCc1ccccc1O2. The van der Waals surface area contributed by atoms with Crippen molar-refractivity contribution in [1.82, 2.24) is 10.2 Å². The zero-order valence-electron chi connectivity index (χ0n) is 17.2. The van der Waals surface area contributed by atoms with Gasteiger partial charge in [-0.3, -0.25) is 0 Å². The molecule has 27 heavy (non-hydrogen) atoms. The molecule has 0 saturated heterocycles. The monoisotopic (exact) mass is 370 g/mol. The second kappa shape index (κ2) is 8.96. The second-order valence-electron chi connectivity index (χ2n) is 9.38. The first-order valence-corrected chi connectivity index (χ1v) is 11.4. The molecule has 150 valence electrons. The Bertz CT molecular complexity index is 586. The maximum Gasteiger partial charge on any atom is 0.124 e. The van der Waals surface area contributed by atoms with Gasteiger partial charge in [-0.1, -0.05) is 50.3 Å². The van der Waals surface area contributed by atoms with Gasteiger partial charge in [-0.15, -0.1) is 0 Å². The molecule has 1 spiro atoms. The van der Waals surface area contributed by atoms with Gasteiger partial charge in [0.1, 0.15) is 11.4 Å². The van der Waals surface area contributed by atoms with Crippen molar-refractivity contribution in [2.45, 2.75) is 88.8 Å². The summed E-state index contributed by atoms with van der Waals surface area (Å²) in [6.45, 7) is 3.23. The zero-order valence-corrected chi connectivity index (χ0v) is 17.2. The van der Waals surface area contributed by atoms with Crippen LogP contribution in [0.15, 0.2) is 24.3 Å². The van der Waals surface area contributed by atoms with Gasteiger partial charge in [0.2, 0.25) is 0 Å². The molecule has 0 unspecified atom stereocenters. The zero-order chi connectivity index (χ0) is 18.5. The number of hydrogen-bond acceptors (Lipinski definition) is 3. The van der Waals surface area contributed by atoms with Gasteiger partial charge < -0.3 is 15.0 Å². The lowest BCUT2D eigenvalue weighted by Gasteiger charge is -2.43. The van der Waals surface area contributed by atoms with Crippen LogP contribution in [0.1, 0.15) is 76.2 Å². The van der Waals surface area contributed by atoms with Gasteiger partial charge in [-0.05, 0) is 57.6 Å². The van der Waals surface area contributed by atoms with Crippen LogP contribution in [0, 0.1) is 5.92 Å². The summed E-state index contributed by atoms with van der Waals surface area (Å²) in [5, 5.41) is 3.65. The van der Waals surface area contributed by atoms with Crippen LogP contribution in [0.25, 0.3) is 0 Å². The number of hydrogen-bond donors (Lipinski definition) is 1. The van der Waals surface area contributed by atoms with E-state index < -0.39 is 0 Å². The van der Waals surface area contributed by atoms with Crippen molar-refractivity contribution in [1.29, 1.82) is 0 Å². The standard InChI is InChI=1S/C24H38N2O/c1-26(18-20-9-5-3-2-4-6-10-20)22-13-15-24(16-14-22)19-25-17-21-11-7-8-12-23(21)27-24/h7-8,11-12,20,22,25H,2-6,9-10,13-19H2,1H3. The van der Waals surface area contributed by atoms with E-state index >= 15 is 0 Å². The molecule has 3 nitrogen and oxygen atoms in total. The molecule has 1 aromatic carbocycles. The average molecular weight is 371 g/mol. The van der Waals surface area contributed by atoms with Crippen LogP contribution in [0.5, 0.6) is 5.75 Å². The average Bonchev–Trinajstić information content (AvgIpc) is 2.83.